The lowest BCUT2D eigenvalue weighted by atomic mass is 10.1. The number of esters is 1. The fourth-order valence-corrected chi connectivity index (χ4v) is 5.17. The van der Waals surface area contributed by atoms with Gasteiger partial charge in [-0.2, -0.15) is 0 Å². The van der Waals surface area contributed by atoms with E-state index in [0.29, 0.717) is 40.7 Å². The Bertz CT molecular complexity index is 1590. The number of carbonyl (C=O) groups excluding carboxylic acids is 1. The standard InChI is InChI=1S/C31H37N5O9/c1-17(19-12-21(41-3)28(43-5)22(13-19)42-4)35-29-25-30(33-15-32-29)36(16-34-25)31-27(39)26(38)23(45-31)14-44-24(37)11-8-18-6-9-20(40-2)10-7-18/h6-7,9-10,12-13,15-17,23,26-27,31,38-39H,8,11,14H2,1-5H3,(H,32,33,35)/t17?,23-,26?,27+,31-/m1/s1. The van der Waals surface area contributed by atoms with Crippen LogP contribution in [0.15, 0.2) is 49.1 Å². The summed E-state index contributed by atoms with van der Waals surface area (Å²) < 4.78 is 34.4. The molecule has 0 bridgehead atoms. The number of nitrogens with one attached hydrogen (secondary N) is 1. The van der Waals surface area contributed by atoms with Gasteiger partial charge in [-0.3, -0.25) is 9.36 Å². The molecule has 3 N–H and O–H groups in total. The minimum atomic E-state index is -1.32. The van der Waals surface area contributed by atoms with Gasteiger partial charge in [-0.15, -0.1) is 0 Å². The van der Waals surface area contributed by atoms with Crippen LogP contribution in [-0.2, 0) is 20.7 Å². The first-order valence-electron chi connectivity index (χ1n) is 14.3. The summed E-state index contributed by atoms with van der Waals surface area (Å²) in [6.07, 6.45) is -1.15. The molecule has 0 radical (unpaired) electrons. The van der Waals surface area contributed by atoms with Crippen molar-refractivity contribution in [1.82, 2.24) is 19.5 Å². The molecule has 0 amide bonds. The fraction of sp³-hybridized carbons (Fsp3) is 0.419. The summed E-state index contributed by atoms with van der Waals surface area (Å²) in [4.78, 5) is 25.6. The van der Waals surface area contributed by atoms with Crippen LogP contribution in [0.1, 0.15) is 36.7 Å². The van der Waals surface area contributed by atoms with Crippen LogP contribution in [0.4, 0.5) is 5.82 Å². The fourth-order valence-electron chi connectivity index (χ4n) is 5.17. The highest BCUT2D eigenvalue weighted by Crippen LogP contribution is 2.40. The molecule has 4 aromatic rings. The van der Waals surface area contributed by atoms with E-state index < -0.39 is 30.5 Å². The molecular formula is C31H37N5O9. The molecule has 3 heterocycles. The Hall–Kier alpha value is -4.66. The van der Waals surface area contributed by atoms with Gasteiger partial charge in [0.05, 0.1) is 40.8 Å². The van der Waals surface area contributed by atoms with E-state index in [2.05, 4.69) is 20.3 Å². The molecule has 5 rings (SSSR count). The monoisotopic (exact) mass is 623 g/mol. The number of aliphatic hydroxyl groups is 2. The van der Waals surface area contributed by atoms with Crippen molar-refractivity contribution in [2.24, 2.45) is 0 Å². The van der Waals surface area contributed by atoms with Crippen molar-refractivity contribution in [3.63, 3.8) is 0 Å². The number of hydrogen-bond acceptors (Lipinski definition) is 13. The molecule has 240 valence electrons. The van der Waals surface area contributed by atoms with Gasteiger partial charge in [-0.1, -0.05) is 12.1 Å². The van der Waals surface area contributed by atoms with Crippen LogP contribution >= 0.6 is 0 Å². The van der Waals surface area contributed by atoms with Crippen molar-refractivity contribution in [2.45, 2.75) is 50.3 Å². The normalized spacial score (nSPS) is 20.1. The van der Waals surface area contributed by atoms with E-state index in [1.54, 1.807) is 28.4 Å². The number of methoxy groups -OCH3 is 4. The van der Waals surface area contributed by atoms with Gasteiger partial charge in [0.25, 0.3) is 0 Å². The second-order valence-electron chi connectivity index (χ2n) is 10.4. The third-order valence-corrected chi connectivity index (χ3v) is 7.70. The highest BCUT2D eigenvalue weighted by molar-refractivity contribution is 5.83. The maximum absolute atomic E-state index is 12.4. The molecule has 14 heteroatoms. The topological polar surface area (TPSA) is 169 Å². The molecule has 1 saturated heterocycles. The number of aryl methyl sites for hydroxylation is 1. The number of aromatic nitrogens is 4. The molecule has 0 spiro atoms. The summed E-state index contributed by atoms with van der Waals surface area (Å²) in [5, 5.41) is 24.9. The number of benzene rings is 2. The summed E-state index contributed by atoms with van der Waals surface area (Å²) in [6, 6.07) is 10.8. The van der Waals surface area contributed by atoms with Gasteiger partial charge >= 0.3 is 5.97 Å². The number of carbonyl (C=O) groups is 1. The molecule has 0 saturated carbocycles. The minimum absolute atomic E-state index is 0.147. The van der Waals surface area contributed by atoms with Crippen LogP contribution in [0.3, 0.4) is 0 Å². The summed E-state index contributed by atoms with van der Waals surface area (Å²) in [6.45, 7) is 1.71. The highest BCUT2D eigenvalue weighted by Gasteiger charge is 2.45. The molecule has 14 nitrogen and oxygen atoms in total. The maximum atomic E-state index is 12.4. The summed E-state index contributed by atoms with van der Waals surface area (Å²) in [5.74, 6) is 2.24. The first-order chi connectivity index (χ1) is 21.8. The van der Waals surface area contributed by atoms with Gasteiger partial charge in [0.15, 0.2) is 34.7 Å². The molecule has 5 atom stereocenters. The van der Waals surface area contributed by atoms with Crippen LogP contribution < -0.4 is 24.3 Å². The third-order valence-electron chi connectivity index (χ3n) is 7.70. The van der Waals surface area contributed by atoms with E-state index in [-0.39, 0.29) is 19.1 Å². The van der Waals surface area contributed by atoms with E-state index in [1.165, 1.54) is 17.2 Å². The van der Waals surface area contributed by atoms with Gasteiger partial charge in [-0.05, 0) is 48.7 Å². The predicted octanol–water partition coefficient (Wildman–Crippen LogP) is 2.83. The van der Waals surface area contributed by atoms with Gasteiger partial charge in [0.1, 0.15) is 37.0 Å². The van der Waals surface area contributed by atoms with E-state index >= 15 is 0 Å². The lowest BCUT2D eigenvalue weighted by Crippen LogP contribution is -2.34. The van der Waals surface area contributed by atoms with Gasteiger partial charge in [0.2, 0.25) is 5.75 Å². The van der Waals surface area contributed by atoms with Gasteiger partial charge in [0, 0.05) is 6.42 Å². The van der Waals surface area contributed by atoms with E-state index in [4.69, 9.17) is 28.4 Å². The van der Waals surface area contributed by atoms with Gasteiger partial charge < -0.3 is 44.0 Å². The number of aliphatic hydroxyl groups excluding tert-OH is 2. The average molecular weight is 624 g/mol. The SMILES string of the molecule is COc1ccc(CCC(=O)OC[C@H]2O[C@@H](n3cnc4c(NC(C)c5cc(OC)c(OC)c(OC)c5)ncnc43)[C@@H](O)C2O)cc1. The lowest BCUT2D eigenvalue weighted by Gasteiger charge is -2.19. The molecule has 2 aromatic carbocycles. The molecule has 1 aliphatic heterocycles. The van der Waals surface area contributed by atoms with Crippen molar-refractivity contribution < 1.29 is 43.4 Å². The van der Waals surface area contributed by atoms with Crippen LogP contribution in [0.2, 0.25) is 0 Å². The van der Waals surface area contributed by atoms with Crippen molar-refractivity contribution in [3.05, 3.63) is 60.2 Å². The highest BCUT2D eigenvalue weighted by atomic mass is 16.6. The second kappa shape index (κ2) is 14.0. The Morgan fingerprint density at radius 2 is 1.69 bits per heavy atom. The Balaban J connectivity index is 1.25. The number of nitrogens with zero attached hydrogens (tertiary/aromatic N) is 4. The number of rotatable bonds is 13. The summed E-state index contributed by atoms with van der Waals surface area (Å²) >= 11 is 0. The molecule has 2 aromatic heterocycles. The predicted molar refractivity (Wildman–Crippen MR) is 162 cm³/mol. The largest absolute Gasteiger partial charge is 0.497 e. The van der Waals surface area contributed by atoms with Crippen molar-refractivity contribution in [1.29, 1.82) is 0 Å². The molecule has 45 heavy (non-hydrogen) atoms. The van der Waals surface area contributed by atoms with Crippen molar-refractivity contribution in [3.8, 4) is 23.0 Å². The quantitative estimate of drug-likeness (QED) is 0.186. The minimum Gasteiger partial charge on any atom is -0.497 e. The zero-order valence-electron chi connectivity index (χ0n) is 25.7. The summed E-state index contributed by atoms with van der Waals surface area (Å²) in [5.41, 5.74) is 2.60. The Kier molecular flexibility index (Phi) is 9.86. The number of anilines is 1. The van der Waals surface area contributed by atoms with Gasteiger partial charge in [-0.25, -0.2) is 15.0 Å². The smallest absolute Gasteiger partial charge is 0.306 e. The second-order valence-corrected chi connectivity index (χ2v) is 10.4. The lowest BCUT2D eigenvalue weighted by molar-refractivity contribution is -0.150. The zero-order valence-corrected chi connectivity index (χ0v) is 25.7. The van der Waals surface area contributed by atoms with E-state index in [0.717, 1.165) is 16.9 Å². The molecule has 1 aliphatic rings. The maximum Gasteiger partial charge on any atom is 0.306 e. The summed E-state index contributed by atoms with van der Waals surface area (Å²) in [7, 11) is 6.23. The first-order valence-corrected chi connectivity index (χ1v) is 14.3. The van der Waals surface area contributed by atoms with E-state index in [9.17, 15) is 15.0 Å². The number of hydrogen-bond donors (Lipinski definition) is 3. The number of ether oxygens (including phenoxy) is 6. The Morgan fingerprint density at radius 1 is 0.978 bits per heavy atom. The molecule has 0 aliphatic carbocycles. The number of imidazole rings is 1. The number of fused-ring (bicyclic) bond motifs is 1. The first kappa shape index (κ1) is 31.8. The van der Waals surface area contributed by atoms with E-state index in [1.807, 2.05) is 43.3 Å². The van der Waals surface area contributed by atoms with Crippen molar-refractivity contribution in [2.75, 3.05) is 40.4 Å². The van der Waals surface area contributed by atoms with Crippen LogP contribution in [-0.4, -0.2) is 89.1 Å². The molecule has 2 unspecified atom stereocenters. The Morgan fingerprint density at radius 3 is 2.33 bits per heavy atom. The van der Waals surface area contributed by atoms with Crippen LogP contribution in [0, 0.1) is 0 Å². The molecular weight excluding hydrogens is 586 g/mol. The van der Waals surface area contributed by atoms with Crippen LogP contribution in [0.25, 0.3) is 11.2 Å². The Labute approximate surface area is 259 Å². The third kappa shape index (κ3) is 6.72. The zero-order chi connectivity index (χ0) is 32.1. The van der Waals surface area contributed by atoms with Crippen LogP contribution in [0.5, 0.6) is 23.0 Å². The molecule has 1 fully saturated rings. The average Bonchev–Trinajstić information content (AvgIpc) is 3.62. The van der Waals surface area contributed by atoms with Crippen molar-refractivity contribution >= 4 is 23.0 Å².